The number of aromatic amines is 1. The van der Waals surface area contributed by atoms with Gasteiger partial charge in [-0.05, 0) is 24.3 Å². The molecule has 0 saturated carbocycles. The van der Waals surface area contributed by atoms with Crippen LogP contribution in [0.25, 0.3) is 11.0 Å². The number of alkyl halides is 2. The maximum absolute atomic E-state index is 12.7. The van der Waals surface area contributed by atoms with E-state index in [0.29, 0.717) is 41.3 Å². The Hall–Kier alpha value is -3.07. The molecule has 2 N–H and O–H groups in total. The standard InChI is InChI=1S/C18H18F2N4O3/c1-26-7-8-27-18-12(3-2-6-21-18)10-22-17(25)11-4-5-13-14(9-11)24-16(23-13)15(19)20/h2-6,9,15H,7-8,10H2,1H3,(H,22,25)(H,23,24). The van der Waals surface area contributed by atoms with Crippen molar-refractivity contribution in [2.24, 2.45) is 0 Å². The number of carbonyl (C=O) groups is 1. The van der Waals surface area contributed by atoms with E-state index in [-0.39, 0.29) is 12.5 Å². The lowest BCUT2D eigenvalue weighted by atomic mass is 10.2. The van der Waals surface area contributed by atoms with Crippen LogP contribution in [0, 0.1) is 0 Å². The lowest BCUT2D eigenvalue weighted by molar-refractivity contribution is 0.0950. The van der Waals surface area contributed by atoms with Crippen LogP contribution in [0.15, 0.2) is 36.5 Å². The van der Waals surface area contributed by atoms with Crippen molar-refractivity contribution < 1.29 is 23.0 Å². The molecule has 1 aromatic carbocycles. The number of nitrogens with zero attached hydrogens (tertiary/aromatic N) is 2. The number of nitrogens with one attached hydrogen (secondary N) is 2. The highest BCUT2D eigenvalue weighted by atomic mass is 19.3. The first-order chi connectivity index (χ1) is 13.1. The first-order valence-electron chi connectivity index (χ1n) is 8.20. The normalized spacial score (nSPS) is 11.1. The van der Waals surface area contributed by atoms with Gasteiger partial charge in [0.25, 0.3) is 12.3 Å². The predicted molar refractivity (Wildman–Crippen MR) is 93.8 cm³/mol. The SMILES string of the molecule is COCCOc1ncccc1CNC(=O)c1ccc2nc(C(F)F)[nH]c2c1. The number of carbonyl (C=O) groups excluding carboxylic acids is 1. The van der Waals surface area contributed by atoms with Gasteiger partial charge in [-0.1, -0.05) is 6.07 Å². The van der Waals surface area contributed by atoms with Crippen molar-refractivity contribution in [1.29, 1.82) is 0 Å². The molecule has 2 heterocycles. The lowest BCUT2D eigenvalue weighted by Gasteiger charge is -2.11. The Labute approximate surface area is 153 Å². The Balaban J connectivity index is 1.68. The van der Waals surface area contributed by atoms with Crippen molar-refractivity contribution in [3.05, 3.63) is 53.5 Å². The molecule has 0 bridgehead atoms. The van der Waals surface area contributed by atoms with Crippen LogP contribution in [-0.4, -0.2) is 41.2 Å². The van der Waals surface area contributed by atoms with Gasteiger partial charge >= 0.3 is 0 Å². The first-order valence-corrected chi connectivity index (χ1v) is 8.20. The minimum Gasteiger partial charge on any atom is -0.475 e. The number of benzene rings is 1. The number of imidazole rings is 1. The molecule has 0 saturated heterocycles. The third kappa shape index (κ3) is 4.56. The number of rotatable bonds is 8. The Kier molecular flexibility index (Phi) is 5.92. The van der Waals surface area contributed by atoms with Crippen molar-refractivity contribution in [1.82, 2.24) is 20.3 Å². The molecule has 0 aliphatic rings. The fourth-order valence-electron chi connectivity index (χ4n) is 2.46. The average Bonchev–Trinajstić information content (AvgIpc) is 3.11. The molecule has 0 atom stereocenters. The summed E-state index contributed by atoms with van der Waals surface area (Å²) >= 11 is 0. The molecule has 0 radical (unpaired) electrons. The van der Waals surface area contributed by atoms with Gasteiger partial charge in [0, 0.05) is 31.0 Å². The van der Waals surface area contributed by atoms with E-state index in [0.717, 1.165) is 0 Å². The van der Waals surface area contributed by atoms with Gasteiger partial charge in [-0.3, -0.25) is 4.79 Å². The summed E-state index contributed by atoms with van der Waals surface area (Å²) in [5.74, 6) is -0.354. The van der Waals surface area contributed by atoms with Crippen LogP contribution in [0.1, 0.15) is 28.2 Å². The van der Waals surface area contributed by atoms with E-state index in [1.165, 1.54) is 18.2 Å². The molecule has 3 aromatic rings. The highest BCUT2D eigenvalue weighted by molar-refractivity contribution is 5.97. The number of aromatic nitrogens is 3. The van der Waals surface area contributed by atoms with Crippen LogP contribution < -0.4 is 10.1 Å². The van der Waals surface area contributed by atoms with E-state index in [9.17, 15) is 13.6 Å². The van der Waals surface area contributed by atoms with Gasteiger partial charge in [-0.15, -0.1) is 0 Å². The number of fused-ring (bicyclic) bond motifs is 1. The fourth-order valence-corrected chi connectivity index (χ4v) is 2.46. The van der Waals surface area contributed by atoms with Gasteiger partial charge in [-0.25, -0.2) is 18.7 Å². The average molecular weight is 376 g/mol. The molecule has 142 valence electrons. The number of halogens is 2. The van der Waals surface area contributed by atoms with Crippen LogP contribution >= 0.6 is 0 Å². The first kappa shape index (κ1) is 18.7. The van der Waals surface area contributed by atoms with Crippen LogP contribution in [0.4, 0.5) is 8.78 Å². The molecule has 3 rings (SSSR count). The van der Waals surface area contributed by atoms with Gasteiger partial charge in [0.1, 0.15) is 6.61 Å². The van der Waals surface area contributed by atoms with Crippen molar-refractivity contribution in [2.75, 3.05) is 20.3 Å². The molecular weight excluding hydrogens is 358 g/mol. The van der Waals surface area contributed by atoms with Crippen molar-refractivity contribution >= 4 is 16.9 Å². The summed E-state index contributed by atoms with van der Waals surface area (Å²) in [5.41, 5.74) is 1.80. The zero-order valence-electron chi connectivity index (χ0n) is 14.5. The Morgan fingerprint density at radius 1 is 1.30 bits per heavy atom. The molecule has 0 unspecified atom stereocenters. The van der Waals surface area contributed by atoms with Crippen LogP contribution in [0.5, 0.6) is 5.88 Å². The molecule has 0 fully saturated rings. The molecule has 9 heteroatoms. The second-order valence-electron chi connectivity index (χ2n) is 5.65. The maximum Gasteiger partial charge on any atom is 0.295 e. The highest BCUT2D eigenvalue weighted by Gasteiger charge is 2.14. The highest BCUT2D eigenvalue weighted by Crippen LogP contribution is 2.21. The largest absolute Gasteiger partial charge is 0.475 e. The maximum atomic E-state index is 12.7. The van der Waals surface area contributed by atoms with Gasteiger partial charge < -0.3 is 19.8 Å². The molecule has 0 aliphatic heterocycles. The van der Waals surface area contributed by atoms with Gasteiger partial charge in [0.15, 0.2) is 5.82 Å². The van der Waals surface area contributed by atoms with Crippen LogP contribution in [-0.2, 0) is 11.3 Å². The van der Waals surface area contributed by atoms with Gasteiger partial charge in [0.05, 0.1) is 17.6 Å². The Bertz CT molecular complexity index is 930. The van der Waals surface area contributed by atoms with E-state index in [4.69, 9.17) is 9.47 Å². The Morgan fingerprint density at radius 2 is 2.15 bits per heavy atom. The molecule has 2 aromatic heterocycles. The number of pyridine rings is 1. The van der Waals surface area contributed by atoms with E-state index in [1.807, 2.05) is 0 Å². The zero-order valence-corrected chi connectivity index (χ0v) is 14.5. The smallest absolute Gasteiger partial charge is 0.295 e. The molecule has 0 aliphatic carbocycles. The number of hydrogen-bond acceptors (Lipinski definition) is 5. The minimum atomic E-state index is -2.70. The lowest BCUT2D eigenvalue weighted by Crippen LogP contribution is -2.23. The summed E-state index contributed by atoms with van der Waals surface area (Å²) in [6.45, 7) is 0.975. The van der Waals surface area contributed by atoms with Crippen molar-refractivity contribution in [2.45, 2.75) is 13.0 Å². The summed E-state index contributed by atoms with van der Waals surface area (Å²) in [7, 11) is 1.57. The monoisotopic (exact) mass is 376 g/mol. The van der Waals surface area contributed by atoms with Crippen LogP contribution in [0.2, 0.25) is 0 Å². The second-order valence-corrected chi connectivity index (χ2v) is 5.65. The Morgan fingerprint density at radius 3 is 2.93 bits per heavy atom. The molecule has 27 heavy (non-hydrogen) atoms. The minimum absolute atomic E-state index is 0.207. The topological polar surface area (TPSA) is 89.1 Å². The van der Waals surface area contributed by atoms with E-state index in [1.54, 1.807) is 25.4 Å². The fraction of sp³-hybridized carbons (Fsp3) is 0.278. The van der Waals surface area contributed by atoms with E-state index in [2.05, 4.69) is 20.3 Å². The summed E-state index contributed by atoms with van der Waals surface area (Å²) < 4.78 is 35.9. The van der Waals surface area contributed by atoms with Crippen molar-refractivity contribution in [3.63, 3.8) is 0 Å². The molecule has 1 amide bonds. The van der Waals surface area contributed by atoms with E-state index < -0.39 is 12.2 Å². The second kappa shape index (κ2) is 8.54. The number of ether oxygens (including phenoxy) is 2. The molecular formula is C18H18F2N4O3. The number of methoxy groups -OCH3 is 1. The predicted octanol–water partition coefficient (Wildman–Crippen LogP) is 2.85. The van der Waals surface area contributed by atoms with Crippen LogP contribution in [0.3, 0.4) is 0 Å². The third-order valence-electron chi connectivity index (χ3n) is 3.78. The third-order valence-corrected chi connectivity index (χ3v) is 3.78. The summed E-state index contributed by atoms with van der Waals surface area (Å²) in [4.78, 5) is 22.8. The molecule has 0 spiro atoms. The summed E-state index contributed by atoms with van der Waals surface area (Å²) in [5, 5.41) is 2.77. The number of hydrogen-bond donors (Lipinski definition) is 2. The summed E-state index contributed by atoms with van der Waals surface area (Å²) in [6.07, 6.45) is -1.10. The zero-order chi connectivity index (χ0) is 19.2. The molecule has 7 nitrogen and oxygen atoms in total. The van der Waals surface area contributed by atoms with Gasteiger partial charge in [0.2, 0.25) is 5.88 Å². The number of H-pyrrole nitrogens is 1. The van der Waals surface area contributed by atoms with Gasteiger partial charge in [-0.2, -0.15) is 0 Å². The number of amides is 1. The summed E-state index contributed by atoms with van der Waals surface area (Å²) in [6, 6.07) is 8.08. The quantitative estimate of drug-likeness (QED) is 0.590. The van der Waals surface area contributed by atoms with E-state index >= 15 is 0 Å². The van der Waals surface area contributed by atoms with Crippen molar-refractivity contribution in [3.8, 4) is 5.88 Å².